The number of phenolic OH excluding ortho intramolecular Hbond substituents is 1. The number of fused-ring (bicyclic) bond motifs is 3. The van der Waals surface area contributed by atoms with Crippen molar-refractivity contribution in [3.05, 3.63) is 23.3 Å². The SMILES string of the molecule is CC1(C)Oc2cc(C3(CCCCC#N)CCC3)cc(O)c2[C@@H]2C[C@H](O)CC[C@H]21. The molecular formula is C24H33NO3. The monoisotopic (exact) mass is 383 g/mol. The standard InChI is InChI=1S/C24H33NO3/c1-23(2)19-8-7-17(26)15-18(19)22-20(27)13-16(14-21(22)28-23)24(10-6-11-24)9-4-3-5-12-25/h13-14,17-19,26-27H,3-11,15H2,1-2H3/t17-,18-,19-/m1/s1. The van der Waals surface area contributed by atoms with E-state index in [-0.39, 0.29) is 23.0 Å². The quantitative estimate of drug-likeness (QED) is 0.676. The van der Waals surface area contributed by atoms with Crippen molar-refractivity contribution in [2.75, 3.05) is 0 Å². The maximum Gasteiger partial charge on any atom is 0.127 e. The highest BCUT2D eigenvalue weighted by Crippen LogP contribution is 2.57. The first-order valence-electron chi connectivity index (χ1n) is 11.0. The van der Waals surface area contributed by atoms with Gasteiger partial charge in [0.15, 0.2) is 0 Å². The van der Waals surface area contributed by atoms with E-state index in [1.807, 2.05) is 6.07 Å². The molecule has 0 bridgehead atoms. The van der Waals surface area contributed by atoms with Crippen LogP contribution >= 0.6 is 0 Å². The fraction of sp³-hybridized carbons (Fsp3) is 0.708. The second-order valence-electron chi connectivity index (χ2n) is 9.79. The Balaban J connectivity index is 1.67. The molecule has 4 nitrogen and oxygen atoms in total. The van der Waals surface area contributed by atoms with Gasteiger partial charge in [0, 0.05) is 23.8 Å². The van der Waals surface area contributed by atoms with Crippen LogP contribution in [0, 0.1) is 17.2 Å². The van der Waals surface area contributed by atoms with Gasteiger partial charge in [-0.1, -0.05) is 12.8 Å². The van der Waals surface area contributed by atoms with Crippen molar-refractivity contribution < 1.29 is 14.9 Å². The van der Waals surface area contributed by atoms with Crippen molar-refractivity contribution in [1.29, 1.82) is 5.26 Å². The molecule has 4 rings (SSSR count). The third-order valence-electron chi connectivity index (χ3n) is 7.70. The number of aliphatic hydroxyl groups is 1. The Bertz CT molecular complexity index is 775. The zero-order chi connectivity index (χ0) is 19.9. The molecule has 1 heterocycles. The molecule has 3 aliphatic rings. The molecule has 1 aliphatic heterocycles. The molecule has 3 atom stereocenters. The summed E-state index contributed by atoms with van der Waals surface area (Å²) in [6.07, 6.45) is 9.36. The molecule has 4 heteroatoms. The summed E-state index contributed by atoms with van der Waals surface area (Å²) in [4.78, 5) is 0. The molecule has 0 spiro atoms. The maximum atomic E-state index is 11.0. The van der Waals surface area contributed by atoms with E-state index >= 15 is 0 Å². The van der Waals surface area contributed by atoms with E-state index < -0.39 is 0 Å². The van der Waals surface area contributed by atoms with Gasteiger partial charge < -0.3 is 14.9 Å². The smallest absolute Gasteiger partial charge is 0.127 e. The Morgan fingerprint density at radius 3 is 2.68 bits per heavy atom. The number of hydrogen-bond acceptors (Lipinski definition) is 4. The third-order valence-corrected chi connectivity index (χ3v) is 7.70. The van der Waals surface area contributed by atoms with Crippen molar-refractivity contribution in [2.45, 2.75) is 101 Å². The fourth-order valence-corrected chi connectivity index (χ4v) is 5.99. The first-order chi connectivity index (χ1) is 13.4. The van der Waals surface area contributed by atoms with Crippen LogP contribution in [-0.4, -0.2) is 21.9 Å². The molecule has 1 aromatic carbocycles. The number of ether oxygens (including phenoxy) is 1. The number of unbranched alkanes of at least 4 members (excludes halogenated alkanes) is 2. The van der Waals surface area contributed by atoms with Gasteiger partial charge in [-0.25, -0.2) is 0 Å². The molecule has 0 saturated heterocycles. The summed E-state index contributed by atoms with van der Waals surface area (Å²) in [5.41, 5.74) is 1.93. The number of rotatable bonds is 5. The van der Waals surface area contributed by atoms with Crippen LogP contribution in [0.2, 0.25) is 0 Å². The third kappa shape index (κ3) is 3.28. The molecule has 0 unspecified atom stereocenters. The zero-order valence-electron chi connectivity index (χ0n) is 17.2. The lowest BCUT2D eigenvalue weighted by Crippen LogP contribution is -2.47. The van der Waals surface area contributed by atoms with Crippen molar-refractivity contribution in [3.63, 3.8) is 0 Å². The van der Waals surface area contributed by atoms with Gasteiger partial charge in [-0.15, -0.1) is 0 Å². The van der Waals surface area contributed by atoms with Gasteiger partial charge in [0.25, 0.3) is 0 Å². The molecule has 0 amide bonds. The van der Waals surface area contributed by atoms with Gasteiger partial charge in [0.1, 0.15) is 17.1 Å². The number of aromatic hydroxyl groups is 1. The summed E-state index contributed by atoms with van der Waals surface area (Å²) in [7, 11) is 0. The topological polar surface area (TPSA) is 73.5 Å². The molecular weight excluding hydrogens is 350 g/mol. The van der Waals surface area contributed by atoms with E-state index in [0.29, 0.717) is 24.5 Å². The van der Waals surface area contributed by atoms with Gasteiger partial charge in [0.05, 0.1) is 12.2 Å². The Morgan fingerprint density at radius 2 is 2.00 bits per heavy atom. The van der Waals surface area contributed by atoms with Crippen LogP contribution in [0.1, 0.15) is 95.1 Å². The van der Waals surface area contributed by atoms with Crippen molar-refractivity contribution >= 4 is 0 Å². The molecule has 152 valence electrons. The zero-order valence-corrected chi connectivity index (χ0v) is 17.2. The number of nitrogens with zero attached hydrogens (tertiary/aromatic N) is 1. The average Bonchev–Trinajstić information content (AvgIpc) is 2.59. The van der Waals surface area contributed by atoms with Crippen LogP contribution in [0.3, 0.4) is 0 Å². The van der Waals surface area contributed by atoms with Crippen LogP contribution < -0.4 is 4.74 Å². The van der Waals surface area contributed by atoms with Crippen LogP contribution in [-0.2, 0) is 5.41 Å². The molecule has 2 aliphatic carbocycles. The van der Waals surface area contributed by atoms with Crippen LogP contribution in [0.25, 0.3) is 0 Å². The lowest BCUT2D eigenvalue weighted by Gasteiger charge is -2.49. The summed E-state index contributed by atoms with van der Waals surface area (Å²) < 4.78 is 6.47. The number of benzene rings is 1. The number of hydrogen-bond donors (Lipinski definition) is 2. The predicted molar refractivity (Wildman–Crippen MR) is 109 cm³/mol. The highest BCUT2D eigenvalue weighted by atomic mass is 16.5. The lowest BCUT2D eigenvalue weighted by atomic mass is 9.61. The Labute approximate surface area is 168 Å². The first-order valence-corrected chi connectivity index (χ1v) is 11.0. The lowest BCUT2D eigenvalue weighted by molar-refractivity contribution is -0.0318. The molecule has 2 fully saturated rings. The van der Waals surface area contributed by atoms with Crippen molar-refractivity contribution in [3.8, 4) is 17.6 Å². The minimum Gasteiger partial charge on any atom is -0.508 e. The predicted octanol–water partition coefficient (Wildman–Crippen LogP) is 5.31. The first kappa shape index (κ1) is 19.6. The summed E-state index contributed by atoms with van der Waals surface area (Å²) in [5.74, 6) is 1.64. The largest absolute Gasteiger partial charge is 0.508 e. The second-order valence-corrected chi connectivity index (χ2v) is 9.79. The van der Waals surface area contributed by atoms with Crippen LogP contribution in [0.5, 0.6) is 11.5 Å². The van der Waals surface area contributed by atoms with E-state index in [2.05, 4.69) is 26.0 Å². The Hall–Kier alpha value is -1.73. The number of nitriles is 1. The minimum absolute atomic E-state index is 0.123. The molecule has 1 aromatic rings. The maximum absolute atomic E-state index is 11.0. The highest BCUT2D eigenvalue weighted by molar-refractivity contribution is 5.54. The fourth-order valence-electron chi connectivity index (χ4n) is 5.99. The van der Waals surface area contributed by atoms with Crippen LogP contribution in [0.4, 0.5) is 0 Å². The van der Waals surface area contributed by atoms with E-state index in [1.165, 1.54) is 12.0 Å². The Kier molecular flexibility index (Phi) is 5.08. The number of phenols is 1. The van der Waals surface area contributed by atoms with E-state index in [9.17, 15) is 10.2 Å². The molecule has 2 saturated carbocycles. The van der Waals surface area contributed by atoms with Crippen LogP contribution in [0.15, 0.2) is 12.1 Å². The molecule has 0 aromatic heterocycles. The summed E-state index contributed by atoms with van der Waals surface area (Å²) >= 11 is 0. The van der Waals surface area contributed by atoms with Gasteiger partial charge in [-0.05, 0) is 81.9 Å². The van der Waals surface area contributed by atoms with Gasteiger partial charge in [-0.2, -0.15) is 5.26 Å². The van der Waals surface area contributed by atoms with Crippen molar-refractivity contribution in [1.82, 2.24) is 0 Å². The molecule has 28 heavy (non-hydrogen) atoms. The van der Waals surface area contributed by atoms with E-state index in [1.54, 1.807) is 0 Å². The minimum atomic E-state index is -0.291. The van der Waals surface area contributed by atoms with Gasteiger partial charge >= 0.3 is 0 Å². The summed E-state index contributed by atoms with van der Waals surface area (Å²) in [6.45, 7) is 4.30. The molecule has 0 radical (unpaired) electrons. The van der Waals surface area contributed by atoms with Crippen molar-refractivity contribution in [2.24, 2.45) is 5.92 Å². The Morgan fingerprint density at radius 1 is 1.21 bits per heavy atom. The van der Waals surface area contributed by atoms with Gasteiger partial charge in [-0.3, -0.25) is 0 Å². The summed E-state index contributed by atoms with van der Waals surface area (Å²) in [5, 5.41) is 30.1. The second kappa shape index (κ2) is 7.26. The normalized spacial score (nSPS) is 29.6. The summed E-state index contributed by atoms with van der Waals surface area (Å²) in [6, 6.07) is 6.39. The van der Waals surface area contributed by atoms with E-state index in [4.69, 9.17) is 10.00 Å². The number of aliphatic hydroxyl groups excluding tert-OH is 1. The average molecular weight is 384 g/mol. The highest BCUT2D eigenvalue weighted by Gasteiger charge is 2.48. The van der Waals surface area contributed by atoms with E-state index in [0.717, 1.165) is 56.3 Å². The van der Waals surface area contributed by atoms with Gasteiger partial charge in [0.2, 0.25) is 0 Å². The molecule has 2 N–H and O–H groups in total.